The van der Waals surface area contributed by atoms with Crippen molar-refractivity contribution in [2.45, 2.75) is 6.42 Å². The monoisotopic (exact) mass is 405 g/mol. The second-order valence-corrected chi connectivity index (χ2v) is 2.80. The Morgan fingerprint density at radius 1 is 1.33 bits per heavy atom. The summed E-state index contributed by atoms with van der Waals surface area (Å²) in [6.07, 6.45) is -0.0204. The van der Waals surface area contributed by atoms with Gasteiger partial charge in [-0.25, -0.2) is 4.79 Å². The molecule has 0 fully saturated rings. The summed E-state index contributed by atoms with van der Waals surface area (Å²) < 4.78 is 0. The molecule has 0 aromatic heterocycles. The Morgan fingerprint density at radius 3 is 2.33 bits per heavy atom. The van der Waals surface area contributed by atoms with Crippen LogP contribution in [0, 0.1) is 0 Å². The van der Waals surface area contributed by atoms with E-state index in [0.717, 1.165) is 0 Å². The molecule has 5 nitrogen and oxygen atoms in total. The first-order chi connectivity index (χ1) is 6.50. The van der Waals surface area contributed by atoms with Gasteiger partial charge < -0.3 is 15.9 Å². The van der Waals surface area contributed by atoms with Gasteiger partial charge in [-0.1, -0.05) is 6.07 Å². The normalized spacial score (nSPS) is 9.07. The number of amides is 1. The fourth-order valence-electron chi connectivity index (χ4n) is 1.07. The zero-order chi connectivity index (χ0) is 10.7. The number of aromatic carboxylic acids is 1. The molecule has 1 amide bonds. The third kappa shape index (κ3) is 3.86. The Labute approximate surface area is 106 Å². The van der Waals surface area contributed by atoms with E-state index in [2.05, 4.69) is 0 Å². The fourth-order valence-corrected chi connectivity index (χ4v) is 1.07. The van der Waals surface area contributed by atoms with Crippen LogP contribution in [0.15, 0.2) is 18.2 Å². The average Bonchev–Trinajstić information content (AvgIpc) is 2.01. The van der Waals surface area contributed by atoms with Crippen LogP contribution >= 0.6 is 0 Å². The van der Waals surface area contributed by atoms with E-state index < -0.39 is 11.9 Å². The summed E-state index contributed by atoms with van der Waals surface area (Å²) in [5, 5.41) is 17.8. The maximum atomic E-state index is 10.5. The van der Waals surface area contributed by atoms with Crippen LogP contribution in [0.2, 0.25) is 0 Å². The van der Waals surface area contributed by atoms with E-state index in [-0.39, 0.29) is 45.0 Å². The van der Waals surface area contributed by atoms with Gasteiger partial charge in [-0.3, -0.25) is 4.79 Å². The Hall–Kier alpha value is -1.12. The van der Waals surface area contributed by atoms with Crippen molar-refractivity contribution in [3.05, 3.63) is 29.3 Å². The molecule has 0 bridgehead atoms. The van der Waals surface area contributed by atoms with Gasteiger partial charge in [-0.05, 0) is 17.7 Å². The molecule has 0 aliphatic carbocycles. The summed E-state index contributed by atoms with van der Waals surface area (Å²) in [6.45, 7) is 0. The average molecular weight is 404 g/mol. The Balaban J connectivity index is 0.00000196. The molecule has 0 aliphatic heterocycles. The second-order valence-electron chi connectivity index (χ2n) is 2.80. The van der Waals surface area contributed by atoms with Gasteiger partial charge >= 0.3 is 33.3 Å². The number of phenols is 1. The van der Waals surface area contributed by atoms with Gasteiger partial charge in [-0.2, -0.15) is 0 Å². The van der Waals surface area contributed by atoms with Gasteiger partial charge in [0.15, 0.2) is 0 Å². The second kappa shape index (κ2) is 5.69. The summed E-state index contributed by atoms with van der Waals surface area (Å²) >= 11 is 0. The van der Waals surface area contributed by atoms with Crippen molar-refractivity contribution in [3.8, 4) is 5.75 Å². The molecule has 0 aliphatic rings. The molecule has 80 valence electrons. The molecule has 4 N–H and O–H groups in total. The molecule has 0 atom stereocenters. The summed E-state index contributed by atoms with van der Waals surface area (Å²) in [5.41, 5.74) is 5.23. The van der Waals surface area contributed by atoms with Crippen LogP contribution < -0.4 is 5.73 Å². The number of carboxylic acid groups (broad SMARTS) is 1. The molecular formula is C9H11NO4Pb. The van der Waals surface area contributed by atoms with Gasteiger partial charge in [0.2, 0.25) is 5.91 Å². The molecular weight excluding hydrogens is 393 g/mol. The van der Waals surface area contributed by atoms with E-state index in [0.29, 0.717) is 5.56 Å². The van der Waals surface area contributed by atoms with Crippen molar-refractivity contribution in [2.24, 2.45) is 5.73 Å². The van der Waals surface area contributed by atoms with Gasteiger partial charge in [0.25, 0.3) is 0 Å². The number of carbonyl (C=O) groups is 2. The topological polar surface area (TPSA) is 101 Å². The molecule has 0 saturated heterocycles. The van der Waals surface area contributed by atoms with E-state index in [1.807, 2.05) is 0 Å². The number of hydrogen-bond acceptors (Lipinski definition) is 3. The minimum atomic E-state index is -1.21. The van der Waals surface area contributed by atoms with Crippen LogP contribution in [0.4, 0.5) is 0 Å². The van der Waals surface area contributed by atoms with Gasteiger partial charge in [0, 0.05) is 0 Å². The molecule has 0 heterocycles. The number of carboxylic acids is 1. The van der Waals surface area contributed by atoms with Crippen LogP contribution in [0.3, 0.4) is 0 Å². The number of rotatable bonds is 3. The van der Waals surface area contributed by atoms with Crippen LogP contribution in [0.1, 0.15) is 15.9 Å². The maximum absolute atomic E-state index is 10.5. The zero-order valence-corrected chi connectivity index (χ0v) is 13.4. The summed E-state index contributed by atoms with van der Waals surface area (Å²) in [7, 11) is 0. The van der Waals surface area contributed by atoms with Crippen molar-refractivity contribution in [2.75, 3.05) is 0 Å². The first kappa shape index (κ1) is 13.9. The van der Waals surface area contributed by atoms with Crippen LogP contribution in [-0.4, -0.2) is 49.4 Å². The van der Waals surface area contributed by atoms with Crippen molar-refractivity contribution in [1.82, 2.24) is 0 Å². The van der Waals surface area contributed by atoms with E-state index >= 15 is 0 Å². The molecule has 0 saturated carbocycles. The fraction of sp³-hybridized carbons (Fsp3) is 0.111. The van der Waals surface area contributed by atoms with Crippen LogP contribution in [-0.2, 0) is 11.2 Å². The number of aromatic hydroxyl groups is 1. The predicted molar refractivity (Wildman–Crippen MR) is 56.5 cm³/mol. The first-order valence-corrected chi connectivity index (χ1v) is 3.84. The molecule has 15 heavy (non-hydrogen) atoms. The summed E-state index contributed by atoms with van der Waals surface area (Å²) in [5.74, 6) is -2.11. The van der Waals surface area contributed by atoms with E-state index in [1.165, 1.54) is 18.2 Å². The molecule has 0 unspecified atom stereocenters. The molecule has 2 radical (unpaired) electrons. The number of hydrogen-bond donors (Lipinski definition) is 3. The van der Waals surface area contributed by atoms with Crippen LogP contribution in [0.5, 0.6) is 5.75 Å². The third-order valence-electron chi connectivity index (χ3n) is 1.67. The minimum absolute atomic E-state index is 0. The van der Waals surface area contributed by atoms with Gasteiger partial charge in [-0.15, -0.1) is 0 Å². The SMILES string of the molecule is NC(=O)Cc1ccc(C(=O)O)c(O)c1.[PbH2]. The number of carbonyl (C=O) groups excluding carboxylic acids is 1. The predicted octanol–water partition coefficient (Wildman–Crippen LogP) is -0.798. The van der Waals surface area contributed by atoms with Crippen molar-refractivity contribution in [1.29, 1.82) is 0 Å². The van der Waals surface area contributed by atoms with E-state index in [9.17, 15) is 14.7 Å². The van der Waals surface area contributed by atoms with Crippen molar-refractivity contribution >= 4 is 39.2 Å². The Morgan fingerprint density at radius 2 is 1.93 bits per heavy atom. The number of nitrogens with two attached hydrogens (primary N) is 1. The van der Waals surface area contributed by atoms with Crippen molar-refractivity contribution < 1.29 is 19.8 Å². The first-order valence-electron chi connectivity index (χ1n) is 3.84. The molecule has 6 heteroatoms. The third-order valence-corrected chi connectivity index (χ3v) is 1.67. The molecule has 1 aromatic carbocycles. The standard InChI is InChI=1S/C9H9NO4.Pb.2H/c10-8(12)4-5-1-2-6(9(13)14)7(11)3-5;;;/h1-3,11H,4H2,(H2,10,12)(H,13,14);;;. The van der Waals surface area contributed by atoms with Gasteiger partial charge in [0.05, 0.1) is 6.42 Å². The number of benzene rings is 1. The van der Waals surface area contributed by atoms with Crippen molar-refractivity contribution in [3.63, 3.8) is 0 Å². The van der Waals surface area contributed by atoms with E-state index in [1.54, 1.807) is 0 Å². The molecule has 0 spiro atoms. The van der Waals surface area contributed by atoms with Gasteiger partial charge in [0.1, 0.15) is 11.3 Å². The summed E-state index contributed by atoms with van der Waals surface area (Å²) in [4.78, 5) is 21.0. The Kier molecular flexibility index (Phi) is 5.26. The Bertz CT molecular complexity index is 392. The number of primary amides is 1. The molecule has 1 rings (SSSR count). The van der Waals surface area contributed by atoms with Crippen LogP contribution in [0.25, 0.3) is 0 Å². The zero-order valence-electron chi connectivity index (χ0n) is 7.93. The van der Waals surface area contributed by atoms with E-state index in [4.69, 9.17) is 10.8 Å². The summed E-state index contributed by atoms with van der Waals surface area (Å²) in [6, 6.07) is 3.89. The quantitative estimate of drug-likeness (QED) is 0.575. The molecule has 1 aromatic rings.